The summed E-state index contributed by atoms with van der Waals surface area (Å²) >= 11 is 0. The topological polar surface area (TPSA) is 77.2 Å². The van der Waals surface area contributed by atoms with Gasteiger partial charge >= 0.3 is 0 Å². The minimum absolute atomic E-state index is 0.230. The molecule has 136 valence electrons. The number of nitrogens with zero attached hydrogens (tertiary/aromatic N) is 1. The minimum Gasteiger partial charge on any atom is -0.457 e. The van der Waals surface area contributed by atoms with Gasteiger partial charge in [0.1, 0.15) is 17.3 Å². The molecule has 5 heteroatoms. The number of carbonyl (C=O) groups is 1. The molecule has 0 saturated carbocycles. The third-order valence-corrected chi connectivity index (χ3v) is 4.77. The van der Waals surface area contributed by atoms with Gasteiger partial charge in [0.15, 0.2) is 0 Å². The number of nitrogens with one attached hydrogen (secondary N) is 1. The van der Waals surface area contributed by atoms with Crippen LogP contribution in [0.4, 0.5) is 5.82 Å². The Labute approximate surface area is 158 Å². The van der Waals surface area contributed by atoms with Crippen molar-refractivity contribution < 1.29 is 9.53 Å². The van der Waals surface area contributed by atoms with Gasteiger partial charge in [-0.15, -0.1) is 0 Å². The molecule has 0 spiro atoms. The highest BCUT2D eigenvalue weighted by Gasteiger charge is 2.12. The molecule has 0 radical (unpaired) electrons. The zero-order chi connectivity index (χ0) is 18.6. The lowest BCUT2D eigenvalue weighted by Gasteiger charge is -2.10. The fourth-order valence-electron chi connectivity index (χ4n) is 3.31. The first kappa shape index (κ1) is 17.1. The van der Waals surface area contributed by atoms with Crippen molar-refractivity contribution in [2.24, 2.45) is 0 Å². The normalized spacial score (nSPS) is 12.4. The van der Waals surface area contributed by atoms with Crippen LogP contribution in [0.25, 0.3) is 0 Å². The Bertz CT molecular complexity index is 968. The van der Waals surface area contributed by atoms with E-state index >= 15 is 0 Å². The van der Waals surface area contributed by atoms with Crippen LogP contribution in [-0.4, -0.2) is 10.9 Å². The lowest BCUT2D eigenvalue weighted by Crippen LogP contribution is -2.24. The van der Waals surface area contributed by atoms with Crippen LogP contribution in [0.5, 0.6) is 11.5 Å². The second kappa shape index (κ2) is 7.50. The van der Waals surface area contributed by atoms with Gasteiger partial charge < -0.3 is 15.8 Å². The fraction of sp³-hybridized carbons (Fsp3) is 0.182. The SMILES string of the molecule is Nc1ncccc1C(=O)NCc1ccc(Oc2ccc3c(c2)CCC3)cc1. The predicted octanol–water partition coefficient (Wildman–Crippen LogP) is 3.87. The number of hydrogen-bond donors (Lipinski definition) is 2. The van der Waals surface area contributed by atoms with Gasteiger partial charge in [0.2, 0.25) is 0 Å². The molecule has 4 rings (SSSR count). The second-order valence-electron chi connectivity index (χ2n) is 6.65. The van der Waals surface area contributed by atoms with Crippen molar-refractivity contribution >= 4 is 11.7 Å². The van der Waals surface area contributed by atoms with Crippen molar-refractivity contribution in [3.8, 4) is 11.5 Å². The number of rotatable bonds is 5. The lowest BCUT2D eigenvalue weighted by atomic mass is 10.1. The maximum absolute atomic E-state index is 12.2. The monoisotopic (exact) mass is 359 g/mol. The molecule has 2 aromatic carbocycles. The number of ether oxygens (including phenoxy) is 1. The number of nitrogen functional groups attached to an aromatic ring is 1. The van der Waals surface area contributed by atoms with E-state index in [1.807, 2.05) is 30.3 Å². The first-order valence-electron chi connectivity index (χ1n) is 9.06. The number of benzene rings is 2. The van der Waals surface area contributed by atoms with Crippen molar-refractivity contribution in [3.63, 3.8) is 0 Å². The lowest BCUT2D eigenvalue weighted by molar-refractivity contribution is 0.0951. The smallest absolute Gasteiger partial charge is 0.255 e. The van der Waals surface area contributed by atoms with Gasteiger partial charge in [-0.2, -0.15) is 0 Å². The summed E-state index contributed by atoms with van der Waals surface area (Å²) in [6, 6.07) is 17.4. The number of nitrogens with two attached hydrogens (primary N) is 1. The molecule has 0 saturated heterocycles. The molecule has 1 aliphatic carbocycles. The molecule has 3 N–H and O–H groups in total. The summed E-state index contributed by atoms with van der Waals surface area (Å²) < 4.78 is 5.96. The van der Waals surface area contributed by atoms with Gasteiger partial charge in [-0.3, -0.25) is 4.79 Å². The Balaban J connectivity index is 1.36. The van der Waals surface area contributed by atoms with E-state index in [1.165, 1.54) is 24.0 Å². The quantitative estimate of drug-likeness (QED) is 0.725. The molecule has 0 bridgehead atoms. The van der Waals surface area contributed by atoms with Crippen LogP contribution in [0.15, 0.2) is 60.8 Å². The van der Waals surface area contributed by atoms with Gasteiger partial charge in [-0.05, 0) is 72.4 Å². The molecule has 1 amide bonds. The summed E-state index contributed by atoms with van der Waals surface area (Å²) in [6.45, 7) is 0.409. The molecule has 0 aliphatic heterocycles. The molecular weight excluding hydrogens is 338 g/mol. The highest BCUT2D eigenvalue weighted by molar-refractivity contribution is 5.98. The van der Waals surface area contributed by atoms with Crippen molar-refractivity contribution in [1.82, 2.24) is 10.3 Å². The van der Waals surface area contributed by atoms with E-state index in [9.17, 15) is 4.79 Å². The molecule has 5 nitrogen and oxygen atoms in total. The molecule has 3 aromatic rings. The van der Waals surface area contributed by atoms with Gasteiger partial charge in [0.05, 0.1) is 5.56 Å². The Hall–Kier alpha value is -3.34. The van der Waals surface area contributed by atoms with Crippen molar-refractivity contribution in [2.45, 2.75) is 25.8 Å². The summed E-state index contributed by atoms with van der Waals surface area (Å²) in [4.78, 5) is 16.1. The number of aromatic nitrogens is 1. The van der Waals surface area contributed by atoms with Crippen LogP contribution in [0.2, 0.25) is 0 Å². The number of carbonyl (C=O) groups excluding carboxylic acids is 1. The average Bonchev–Trinajstić information content (AvgIpc) is 3.15. The molecule has 0 fully saturated rings. The third-order valence-electron chi connectivity index (χ3n) is 4.77. The standard InChI is InChI=1S/C22H21N3O2/c23-21-20(5-2-12-24-21)22(26)25-14-15-6-9-18(10-7-15)27-19-11-8-16-3-1-4-17(16)13-19/h2,5-13H,1,3-4,14H2,(H2,23,24)(H,25,26). The summed E-state index contributed by atoms with van der Waals surface area (Å²) in [6.07, 6.45) is 5.09. The summed E-state index contributed by atoms with van der Waals surface area (Å²) in [7, 11) is 0. The molecular formula is C22H21N3O2. The van der Waals surface area contributed by atoms with Gasteiger partial charge in [-0.1, -0.05) is 18.2 Å². The van der Waals surface area contributed by atoms with E-state index < -0.39 is 0 Å². The van der Waals surface area contributed by atoms with Crippen molar-refractivity contribution in [1.29, 1.82) is 0 Å². The van der Waals surface area contributed by atoms with Gasteiger partial charge in [0.25, 0.3) is 5.91 Å². The Morgan fingerprint density at radius 1 is 1.04 bits per heavy atom. The van der Waals surface area contributed by atoms with Gasteiger partial charge in [-0.25, -0.2) is 4.98 Å². The maximum atomic E-state index is 12.2. The second-order valence-corrected chi connectivity index (χ2v) is 6.65. The van der Waals surface area contributed by atoms with E-state index in [4.69, 9.17) is 10.5 Å². The predicted molar refractivity (Wildman–Crippen MR) is 105 cm³/mol. The highest BCUT2D eigenvalue weighted by atomic mass is 16.5. The van der Waals surface area contributed by atoms with Crippen LogP contribution in [0, 0.1) is 0 Å². The molecule has 0 unspecified atom stereocenters. The van der Waals surface area contributed by atoms with E-state index in [2.05, 4.69) is 22.4 Å². The number of fused-ring (bicyclic) bond motifs is 1. The first-order valence-corrected chi connectivity index (χ1v) is 9.06. The molecule has 1 aliphatic rings. The first-order chi connectivity index (χ1) is 13.2. The zero-order valence-electron chi connectivity index (χ0n) is 14.9. The largest absolute Gasteiger partial charge is 0.457 e. The van der Waals surface area contributed by atoms with E-state index in [-0.39, 0.29) is 11.7 Å². The molecule has 0 atom stereocenters. The van der Waals surface area contributed by atoms with Crippen LogP contribution < -0.4 is 15.8 Å². The fourth-order valence-corrected chi connectivity index (χ4v) is 3.31. The van der Waals surface area contributed by atoms with Crippen LogP contribution in [0.3, 0.4) is 0 Å². The average molecular weight is 359 g/mol. The Kier molecular flexibility index (Phi) is 4.75. The maximum Gasteiger partial charge on any atom is 0.255 e. The summed E-state index contributed by atoms with van der Waals surface area (Å²) in [5.41, 5.74) is 9.91. The number of amides is 1. The van der Waals surface area contributed by atoms with E-state index in [0.29, 0.717) is 12.1 Å². The van der Waals surface area contributed by atoms with E-state index in [0.717, 1.165) is 23.5 Å². The number of anilines is 1. The van der Waals surface area contributed by atoms with E-state index in [1.54, 1.807) is 18.3 Å². The molecule has 27 heavy (non-hydrogen) atoms. The number of hydrogen-bond acceptors (Lipinski definition) is 4. The third kappa shape index (κ3) is 3.92. The molecule has 1 aromatic heterocycles. The summed E-state index contributed by atoms with van der Waals surface area (Å²) in [5, 5.41) is 2.85. The Morgan fingerprint density at radius 2 is 1.81 bits per heavy atom. The van der Waals surface area contributed by atoms with Crippen molar-refractivity contribution in [2.75, 3.05) is 5.73 Å². The number of aryl methyl sites for hydroxylation is 2. The zero-order valence-corrected chi connectivity index (χ0v) is 14.9. The highest BCUT2D eigenvalue weighted by Crippen LogP contribution is 2.29. The van der Waals surface area contributed by atoms with Gasteiger partial charge in [0, 0.05) is 12.7 Å². The summed E-state index contributed by atoms with van der Waals surface area (Å²) in [5.74, 6) is 1.63. The minimum atomic E-state index is -0.237. The van der Waals surface area contributed by atoms with Crippen LogP contribution in [0.1, 0.15) is 33.5 Å². The van der Waals surface area contributed by atoms with Crippen molar-refractivity contribution in [3.05, 3.63) is 83.0 Å². The Morgan fingerprint density at radius 3 is 2.63 bits per heavy atom. The van der Waals surface area contributed by atoms with Crippen LogP contribution >= 0.6 is 0 Å². The van der Waals surface area contributed by atoms with Crippen LogP contribution in [-0.2, 0) is 19.4 Å². The molecule has 1 heterocycles. The number of pyridine rings is 1.